The molecule has 7 nitrogen and oxygen atoms in total. The first kappa shape index (κ1) is 20.2. The molecule has 0 spiro atoms. The van der Waals surface area contributed by atoms with Crippen molar-refractivity contribution in [1.82, 2.24) is 15.0 Å². The number of nitrogens with zero attached hydrogens (tertiary/aromatic N) is 3. The molecule has 156 valence electrons. The molecule has 7 heteroatoms. The number of aryl methyl sites for hydroxylation is 1. The van der Waals surface area contributed by atoms with E-state index in [1.54, 1.807) is 30.8 Å². The summed E-state index contributed by atoms with van der Waals surface area (Å²) < 4.78 is 12.8. The van der Waals surface area contributed by atoms with E-state index >= 15 is 0 Å². The van der Waals surface area contributed by atoms with Gasteiger partial charge in [-0.3, -0.25) is 4.79 Å². The lowest BCUT2D eigenvalue weighted by molar-refractivity contribution is 0.102. The molecule has 0 radical (unpaired) electrons. The quantitative estimate of drug-likeness (QED) is 0.484. The van der Waals surface area contributed by atoms with Crippen LogP contribution in [0.1, 0.15) is 21.7 Å². The average molecular weight is 414 g/mol. The number of anilines is 1. The lowest BCUT2D eigenvalue weighted by Crippen LogP contribution is -2.14. The molecule has 1 heterocycles. The molecule has 0 aliphatic rings. The Bertz CT molecular complexity index is 1220. The number of aromatic nitrogens is 3. The fourth-order valence-electron chi connectivity index (χ4n) is 3.15. The largest absolute Gasteiger partial charge is 0.497 e. The summed E-state index contributed by atoms with van der Waals surface area (Å²) in [5.74, 6) is 1.62. The number of benzene rings is 3. The van der Waals surface area contributed by atoms with E-state index in [-0.39, 0.29) is 11.6 Å². The third-order valence-electron chi connectivity index (χ3n) is 4.78. The summed E-state index contributed by atoms with van der Waals surface area (Å²) in [7, 11) is 1.61. The number of para-hydroxylation sites is 2. The minimum absolute atomic E-state index is 0.237. The van der Waals surface area contributed by atoms with Crippen LogP contribution in [0.3, 0.4) is 0 Å². The van der Waals surface area contributed by atoms with E-state index in [0.717, 1.165) is 17.0 Å². The Labute approximate surface area is 180 Å². The van der Waals surface area contributed by atoms with Crippen molar-refractivity contribution in [2.45, 2.75) is 13.8 Å². The third kappa shape index (κ3) is 4.40. The van der Waals surface area contributed by atoms with Crippen LogP contribution in [-0.4, -0.2) is 28.0 Å². The van der Waals surface area contributed by atoms with Crippen molar-refractivity contribution in [3.63, 3.8) is 0 Å². The number of amides is 1. The summed E-state index contributed by atoms with van der Waals surface area (Å²) in [6, 6.07) is 22.4. The molecule has 0 bridgehead atoms. The predicted octanol–water partition coefficient (Wildman–Crippen LogP) is 4.94. The summed E-state index contributed by atoms with van der Waals surface area (Å²) in [5, 5.41) is 11.1. The fraction of sp³-hybridized carbons (Fsp3) is 0.125. The molecular weight excluding hydrogens is 392 g/mol. The maximum Gasteiger partial charge on any atom is 0.278 e. The Morgan fingerprint density at radius 2 is 1.71 bits per heavy atom. The van der Waals surface area contributed by atoms with E-state index in [1.807, 2.05) is 67.6 Å². The van der Waals surface area contributed by atoms with Crippen molar-refractivity contribution in [3.8, 4) is 22.9 Å². The molecule has 1 amide bonds. The number of methoxy groups -OCH3 is 1. The zero-order valence-electron chi connectivity index (χ0n) is 17.5. The van der Waals surface area contributed by atoms with Crippen LogP contribution in [0.25, 0.3) is 5.69 Å². The monoisotopic (exact) mass is 414 g/mol. The van der Waals surface area contributed by atoms with Crippen molar-refractivity contribution in [2.75, 3.05) is 12.4 Å². The highest BCUT2D eigenvalue weighted by Gasteiger charge is 2.19. The van der Waals surface area contributed by atoms with Crippen molar-refractivity contribution in [1.29, 1.82) is 0 Å². The van der Waals surface area contributed by atoms with Gasteiger partial charge in [-0.25, -0.2) is 4.68 Å². The summed E-state index contributed by atoms with van der Waals surface area (Å²) in [6.07, 6.45) is 0. The molecule has 0 aliphatic heterocycles. The molecule has 31 heavy (non-hydrogen) atoms. The third-order valence-corrected chi connectivity index (χ3v) is 4.78. The first-order chi connectivity index (χ1) is 15.0. The second-order valence-electron chi connectivity index (χ2n) is 7.00. The van der Waals surface area contributed by atoms with Crippen LogP contribution in [0.15, 0.2) is 72.8 Å². The Kier molecular flexibility index (Phi) is 5.66. The lowest BCUT2D eigenvalue weighted by Gasteiger charge is -2.12. The standard InChI is InChI=1S/C24H22N4O3/c1-16-7-6-8-20(15-16)31-22-10-5-4-9-21(22)25-24(29)23-17(2)28(27-26-23)18-11-13-19(30-3)14-12-18/h4-15H,1-3H3,(H,25,29). The SMILES string of the molecule is COc1ccc(-n2nnc(C(=O)Nc3ccccc3Oc3cccc(C)c3)c2C)cc1. The highest BCUT2D eigenvalue weighted by Crippen LogP contribution is 2.30. The number of carbonyl (C=O) groups excluding carboxylic acids is 1. The maximum atomic E-state index is 12.9. The maximum absolute atomic E-state index is 12.9. The van der Waals surface area contributed by atoms with E-state index in [1.165, 1.54) is 0 Å². The molecule has 4 aromatic rings. The molecule has 1 N–H and O–H groups in total. The van der Waals surface area contributed by atoms with Crippen LogP contribution >= 0.6 is 0 Å². The minimum atomic E-state index is -0.363. The van der Waals surface area contributed by atoms with Gasteiger partial charge in [0.25, 0.3) is 5.91 Å². The lowest BCUT2D eigenvalue weighted by atomic mass is 10.2. The molecular formula is C24H22N4O3. The molecule has 0 saturated heterocycles. The van der Waals surface area contributed by atoms with Crippen LogP contribution in [0, 0.1) is 13.8 Å². The normalized spacial score (nSPS) is 10.5. The van der Waals surface area contributed by atoms with E-state index in [2.05, 4.69) is 15.6 Å². The second kappa shape index (κ2) is 8.71. The van der Waals surface area contributed by atoms with E-state index in [4.69, 9.17) is 9.47 Å². The van der Waals surface area contributed by atoms with Gasteiger partial charge < -0.3 is 14.8 Å². The number of hydrogen-bond donors (Lipinski definition) is 1. The highest BCUT2D eigenvalue weighted by molar-refractivity contribution is 6.04. The number of hydrogen-bond acceptors (Lipinski definition) is 5. The van der Waals surface area contributed by atoms with E-state index < -0.39 is 0 Å². The Morgan fingerprint density at radius 3 is 2.45 bits per heavy atom. The fourth-order valence-corrected chi connectivity index (χ4v) is 3.15. The molecule has 0 aliphatic carbocycles. The van der Waals surface area contributed by atoms with Crippen LogP contribution < -0.4 is 14.8 Å². The van der Waals surface area contributed by atoms with Crippen molar-refractivity contribution >= 4 is 11.6 Å². The van der Waals surface area contributed by atoms with Gasteiger partial charge in [-0.1, -0.05) is 29.5 Å². The van der Waals surface area contributed by atoms with Crippen LogP contribution in [0.2, 0.25) is 0 Å². The van der Waals surface area contributed by atoms with E-state index in [0.29, 0.717) is 22.9 Å². The smallest absolute Gasteiger partial charge is 0.278 e. The van der Waals surface area contributed by atoms with Gasteiger partial charge in [0.1, 0.15) is 11.5 Å². The van der Waals surface area contributed by atoms with Gasteiger partial charge in [0, 0.05) is 0 Å². The topological polar surface area (TPSA) is 78.3 Å². The van der Waals surface area contributed by atoms with Crippen molar-refractivity contribution in [2.24, 2.45) is 0 Å². The summed E-state index contributed by atoms with van der Waals surface area (Å²) in [6.45, 7) is 3.80. The van der Waals surface area contributed by atoms with E-state index in [9.17, 15) is 4.79 Å². The molecule has 1 aromatic heterocycles. The molecule has 0 fully saturated rings. The van der Waals surface area contributed by atoms with Crippen LogP contribution in [-0.2, 0) is 0 Å². The van der Waals surface area contributed by atoms with Crippen molar-refractivity contribution < 1.29 is 14.3 Å². The van der Waals surface area contributed by atoms with Gasteiger partial charge >= 0.3 is 0 Å². The zero-order valence-corrected chi connectivity index (χ0v) is 17.5. The Hall–Kier alpha value is -4.13. The summed E-state index contributed by atoms with van der Waals surface area (Å²) in [5.41, 5.74) is 3.28. The first-order valence-corrected chi connectivity index (χ1v) is 9.77. The Morgan fingerprint density at radius 1 is 0.935 bits per heavy atom. The summed E-state index contributed by atoms with van der Waals surface area (Å²) in [4.78, 5) is 12.9. The predicted molar refractivity (Wildman–Crippen MR) is 118 cm³/mol. The average Bonchev–Trinajstić information content (AvgIpc) is 3.16. The second-order valence-corrected chi connectivity index (χ2v) is 7.00. The molecule has 0 saturated carbocycles. The Balaban J connectivity index is 1.56. The van der Waals surface area contributed by atoms with Gasteiger partial charge in [-0.05, 0) is 67.9 Å². The summed E-state index contributed by atoms with van der Waals surface area (Å²) >= 11 is 0. The number of rotatable bonds is 6. The van der Waals surface area contributed by atoms with Crippen LogP contribution in [0.5, 0.6) is 17.2 Å². The number of ether oxygens (including phenoxy) is 2. The number of nitrogens with one attached hydrogen (secondary N) is 1. The van der Waals surface area contributed by atoms with Gasteiger partial charge in [0.15, 0.2) is 11.4 Å². The molecule has 4 rings (SSSR count). The molecule has 3 aromatic carbocycles. The highest BCUT2D eigenvalue weighted by atomic mass is 16.5. The minimum Gasteiger partial charge on any atom is -0.497 e. The zero-order chi connectivity index (χ0) is 21.8. The van der Waals surface area contributed by atoms with Gasteiger partial charge in [-0.15, -0.1) is 5.10 Å². The molecule has 0 atom stereocenters. The van der Waals surface area contributed by atoms with Crippen molar-refractivity contribution in [3.05, 3.63) is 89.7 Å². The van der Waals surface area contributed by atoms with Crippen LogP contribution in [0.4, 0.5) is 5.69 Å². The van der Waals surface area contributed by atoms with Gasteiger partial charge in [0.2, 0.25) is 0 Å². The number of carbonyl (C=O) groups is 1. The van der Waals surface area contributed by atoms with Gasteiger partial charge in [0.05, 0.1) is 24.2 Å². The van der Waals surface area contributed by atoms with Gasteiger partial charge in [-0.2, -0.15) is 0 Å². The molecule has 0 unspecified atom stereocenters. The first-order valence-electron chi connectivity index (χ1n) is 9.77.